The molecule has 4 heterocycles. The third-order valence-electron chi connectivity index (χ3n) is 12.8. The second-order valence-electron chi connectivity index (χ2n) is 17.9. The standard InChI is InChI=1S/C44H82O21S/c1-2-3-4-5-6-7-8-9-10-11-12-13-14-15-16-17-19-66-20-18-58-41-37(56)33(52)39(26(22-46)61-41)65-44-38(57)34(53)40(27(23-47)62-44)64-43-36(55)32(51)30(49)28(63-43)24-59-42-35(54)31(50)29(48)25(21-45)60-42/h25-57H,2-24H2,1H3/t25-,26-,27-,28-,29-,30-,31+,32+,33-,34-,35-,36-,37-,38-,39-,40-,41+,42-,43+,44+/m1/s1. The molecule has 4 rings (SSSR count). The van der Waals surface area contributed by atoms with Crippen LogP contribution in [0.4, 0.5) is 0 Å². The third-order valence-corrected chi connectivity index (χ3v) is 13.9. The van der Waals surface area contributed by atoms with E-state index in [1.54, 1.807) is 11.8 Å². The monoisotopic (exact) mass is 979 g/mol. The summed E-state index contributed by atoms with van der Waals surface area (Å²) in [5.41, 5.74) is 0. The summed E-state index contributed by atoms with van der Waals surface area (Å²) in [7, 11) is 0. The van der Waals surface area contributed by atoms with Crippen molar-refractivity contribution in [1.29, 1.82) is 0 Å². The number of aliphatic hydroxyl groups is 13. The highest BCUT2D eigenvalue weighted by molar-refractivity contribution is 7.99. The predicted octanol–water partition coefficient (Wildman–Crippen LogP) is -1.73. The molecule has 4 aliphatic heterocycles. The molecule has 0 unspecified atom stereocenters. The summed E-state index contributed by atoms with van der Waals surface area (Å²) in [5, 5.41) is 136. The van der Waals surface area contributed by atoms with Crippen molar-refractivity contribution in [3.63, 3.8) is 0 Å². The topological polar surface area (TPSA) is 337 Å². The van der Waals surface area contributed by atoms with Gasteiger partial charge in [-0.05, 0) is 12.2 Å². The van der Waals surface area contributed by atoms with Crippen LogP contribution in [0.1, 0.15) is 110 Å². The van der Waals surface area contributed by atoms with E-state index in [1.807, 2.05) is 0 Å². The van der Waals surface area contributed by atoms with E-state index in [4.69, 9.17) is 37.9 Å². The van der Waals surface area contributed by atoms with E-state index in [0.29, 0.717) is 5.75 Å². The van der Waals surface area contributed by atoms with Crippen molar-refractivity contribution >= 4 is 11.8 Å². The first-order valence-corrected chi connectivity index (χ1v) is 25.3. The zero-order valence-corrected chi connectivity index (χ0v) is 39.1. The van der Waals surface area contributed by atoms with Gasteiger partial charge in [0.15, 0.2) is 25.2 Å². The minimum absolute atomic E-state index is 0.194. The minimum atomic E-state index is -1.98. The molecular formula is C44H82O21S. The summed E-state index contributed by atoms with van der Waals surface area (Å²) < 4.78 is 44.9. The van der Waals surface area contributed by atoms with Crippen LogP contribution < -0.4 is 0 Å². The van der Waals surface area contributed by atoms with E-state index in [9.17, 15) is 66.4 Å². The third kappa shape index (κ3) is 17.1. The maximum Gasteiger partial charge on any atom is 0.187 e. The normalized spacial score (nSPS) is 39.9. The summed E-state index contributed by atoms with van der Waals surface area (Å²) >= 11 is 1.70. The zero-order valence-electron chi connectivity index (χ0n) is 38.3. The molecule has 0 aromatic heterocycles. The lowest BCUT2D eigenvalue weighted by molar-refractivity contribution is -0.381. The van der Waals surface area contributed by atoms with Crippen molar-refractivity contribution in [2.24, 2.45) is 0 Å². The van der Waals surface area contributed by atoms with Gasteiger partial charge in [0.2, 0.25) is 0 Å². The van der Waals surface area contributed by atoms with Crippen molar-refractivity contribution in [3.05, 3.63) is 0 Å². The summed E-state index contributed by atoms with van der Waals surface area (Å²) in [5.74, 6) is 1.56. The molecule has 4 saturated heterocycles. The lowest BCUT2D eigenvalue weighted by atomic mass is 9.96. The Bertz CT molecular complexity index is 1260. The first-order chi connectivity index (χ1) is 31.8. The zero-order chi connectivity index (χ0) is 48.2. The van der Waals surface area contributed by atoms with Crippen molar-refractivity contribution in [3.8, 4) is 0 Å². The maximum absolute atomic E-state index is 11.2. The fourth-order valence-electron chi connectivity index (χ4n) is 8.64. The summed E-state index contributed by atoms with van der Waals surface area (Å²) in [6.07, 6.45) is -12.9. The SMILES string of the molecule is CCCCCCCCCCCCCCCCCCSCCO[C@H]1O[C@H](CO)[C@@H](O[C@@H]2O[C@H](CO)[C@@H](O[C@@H]3O[C@H](CO[C@@H]4O[C@H](CO)[C@@H](O)[C@H](O)[C@H]4O)[C@@H](O)[C@H](O)[C@H]3O)[C@H](O)[C@H]2O)[C@H](O)[C@H]1O. The van der Waals surface area contributed by atoms with Crippen molar-refractivity contribution in [1.82, 2.24) is 0 Å². The molecule has 0 aromatic carbocycles. The molecule has 4 aliphatic rings. The van der Waals surface area contributed by atoms with Crippen LogP contribution in [-0.4, -0.2) is 234 Å². The first kappa shape index (κ1) is 58.1. The largest absolute Gasteiger partial charge is 0.394 e. The Hall–Kier alpha value is -0.490. The van der Waals surface area contributed by atoms with E-state index in [1.165, 1.54) is 89.9 Å². The minimum Gasteiger partial charge on any atom is -0.394 e. The lowest BCUT2D eigenvalue weighted by Gasteiger charge is -2.48. The molecule has 0 spiro atoms. The van der Waals surface area contributed by atoms with Crippen LogP contribution in [0.15, 0.2) is 0 Å². The number of ether oxygens (including phenoxy) is 8. The molecule has 22 heteroatoms. The highest BCUT2D eigenvalue weighted by Crippen LogP contribution is 2.33. The maximum atomic E-state index is 11.2. The van der Waals surface area contributed by atoms with Gasteiger partial charge in [-0.2, -0.15) is 11.8 Å². The van der Waals surface area contributed by atoms with E-state index >= 15 is 0 Å². The Morgan fingerprint density at radius 1 is 0.364 bits per heavy atom. The Kier molecular flexibility index (Phi) is 27.3. The second-order valence-corrected chi connectivity index (χ2v) is 19.2. The van der Waals surface area contributed by atoms with Crippen LogP contribution in [0, 0.1) is 0 Å². The number of hydrogen-bond donors (Lipinski definition) is 13. The first-order valence-electron chi connectivity index (χ1n) is 24.2. The van der Waals surface area contributed by atoms with Gasteiger partial charge in [-0.3, -0.25) is 0 Å². The fraction of sp³-hybridized carbons (Fsp3) is 1.00. The van der Waals surface area contributed by atoms with Crippen LogP contribution in [0.25, 0.3) is 0 Å². The average molecular weight is 979 g/mol. The van der Waals surface area contributed by atoms with Crippen molar-refractivity contribution in [2.45, 2.75) is 232 Å². The predicted molar refractivity (Wildman–Crippen MR) is 234 cm³/mol. The smallest absolute Gasteiger partial charge is 0.187 e. The van der Waals surface area contributed by atoms with E-state index < -0.39 is 149 Å². The number of thioether (sulfide) groups is 1. The molecule has 13 N–H and O–H groups in total. The summed E-state index contributed by atoms with van der Waals surface area (Å²) in [4.78, 5) is 0. The Balaban J connectivity index is 1.15. The van der Waals surface area contributed by atoms with Gasteiger partial charge in [0, 0.05) is 5.75 Å². The summed E-state index contributed by atoms with van der Waals surface area (Å²) in [6.45, 7) is -0.560. The van der Waals surface area contributed by atoms with Crippen LogP contribution in [0.2, 0.25) is 0 Å². The molecular weight excluding hydrogens is 897 g/mol. The molecule has 0 amide bonds. The Labute approximate surface area is 392 Å². The van der Waals surface area contributed by atoms with E-state index in [-0.39, 0.29) is 6.61 Å². The number of rotatable bonds is 31. The van der Waals surface area contributed by atoms with Gasteiger partial charge >= 0.3 is 0 Å². The van der Waals surface area contributed by atoms with Gasteiger partial charge in [0.05, 0.1) is 33.0 Å². The molecule has 66 heavy (non-hydrogen) atoms. The van der Waals surface area contributed by atoms with Gasteiger partial charge in [0.25, 0.3) is 0 Å². The molecule has 0 bridgehead atoms. The molecule has 4 fully saturated rings. The van der Waals surface area contributed by atoms with Crippen molar-refractivity contribution < 1.29 is 104 Å². The number of unbranched alkanes of at least 4 members (excludes halogenated alkanes) is 15. The van der Waals surface area contributed by atoms with Gasteiger partial charge in [-0.1, -0.05) is 103 Å². The van der Waals surface area contributed by atoms with E-state index in [2.05, 4.69) is 6.92 Å². The molecule has 390 valence electrons. The highest BCUT2D eigenvalue weighted by atomic mass is 32.2. The van der Waals surface area contributed by atoms with Crippen molar-refractivity contribution in [2.75, 3.05) is 44.5 Å². The van der Waals surface area contributed by atoms with Gasteiger partial charge < -0.3 is 104 Å². The number of aliphatic hydroxyl groups excluding tert-OH is 13. The number of hydrogen-bond acceptors (Lipinski definition) is 22. The molecule has 0 radical (unpaired) electrons. The average Bonchev–Trinajstić information content (AvgIpc) is 3.31. The van der Waals surface area contributed by atoms with Gasteiger partial charge in [0.1, 0.15) is 97.7 Å². The molecule has 0 aliphatic carbocycles. The quantitative estimate of drug-likeness (QED) is 0.0343. The Morgan fingerprint density at radius 3 is 1.21 bits per heavy atom. The lowest BCUT2D eigenvalue weighted by Crippen LogP contribution is -2.66. The summed E-state index contributed by atoms with van der Waals surface area (Å²) in [6, 6.07) is 0. The highest BCUT2D eigenvalue weighted by Gasteiger charge is 2.54. The fourth-order valence-corrected chi connectivity index (χ4v) is 9.47. The second kappa shape index (κ2) is 31.1. The van der Waals surface area contributed by atoms with Gasteiger partial charge in [-0.25, -0.2) is 0 Å². The van der Waals surface area contributed by atoms with E-state index in [0.717, 1.165) is 18.6 Å². The molecule has 20 atom stereocenters. The van der Waals surface area contributed by atoms with Crippen LogP contribution in [0.3, 0.4) is 0 Å². The van der Waals surface area contributed by atoms with Crippen LogP contribution in [0.5, 0.6) is 0 Å². The van der Waals surface area contributed by atoms with Crippen LogP contribution in [-0.2, 0) is 37.9 Å². The molecule has 21 nitrogen and oxygen atoms in total. The van der Waals surface area contributed by atoms with Crippen LogP contribution >= 0.6 is 11.8 Å². The molecule has 0 aromatic rings. The van der Waals surface area contributed by atoms with Gasteiger partial charge in [-0.15, -0.1) is 0 Å². The Morgan fingerprint density at radius 2 is 0.727 bits per heavy atom. The molecule has 0 saturated carbocycles.